The SMILES string of the molecule is Cc1nc2[nH]c(=O)n(CC(C)(S)CS)c(=O)c2nc1C. The Labute approximate surface area is 126 Å². The maximum atomic E-state index is 12.4. The zero-order valence-corrected chi connectivity index (χ0v) is 13.3. The summed E-state index contributed by atoms with van der Waals surface area (Å²) in [7, 11) is 0. The van der Waals surface area contributed by atoms with Gasteiger partial charge in [0.25, 0.3) is 5.56 Å². The van der Waals surface area contributed by atoms with Crippen molar-refractivity contribution < 1.29 is 0 Å². The molecule has 20 heavy (non-hydrogen) atoms. The largest absolute Gasteiger partial charge is 0.330 e. The molecule has 6 nitrogen and oxygen atoms in total. The second-order valence-electron chi connectivity index (χ2n) is 5.07. The molecule has 1 N–H and O–H groups in total. The van der Waals surface area contributed by atoms with Crippen LogP contribution in [0.1, 0.15) is 18.3 Å². The summed E-state index contributed by atoms with van der Waals surface area (Å²) in [4.78, 5) is 35.4. The zero-order chi connectivity index (χ0) is 15.1. The van der Waals surface area contributed by atoms with Crippen molar-refractivity contribution >= 4 is 36.4 Å². The molecule has 0 radical (unpaired) electrons. The normalized spacial score (nSPS) is 14.4. The lowest BCUT2D eigenvalue weighted by molar-refractivity contribution is 0.543. The van der Waals surface area contributed by atoms with Crippen LogP contribution < -0.4 is 11.2 Å². The summed E-state index contributed by atoms with van der Waals surface area (Å²) in [6, 6.07) is 0. The third-order valence-corrected chi connectivity index (χ3v) is 4.31. The fourth-order valence-electron chi connectivity index (χ4n) is 1.76. The van der Waals surface area contributed by atoms with E-state index >= 15 is 0 Å². The van der Waals surface area contributed by atoms with E-state index in [1.165, 1.54) is 0 Å². The van der Waals surface area contributed by atoms with Crippen LogP contribution in [0.2, 0.25) is 0 Å². The molecule has 0 spiro atoms. The molecule has 2 aromatic heterocycles. The third-order valence-electron chi connectivity index (χ3n) is 3.06. The second kappa shape index (κ2) is 5.25. The van der Waals surface area contributed by atoms with Gasteiger partial charge < -0.3 is 0 Å². The van der Waals surface area contributed by atoms with Crippen LogP contribution >= 0.6 is 25.3 Å². The molecule has 0 aliphatic carbocycles. The molecule has 2 rings (SSSR count). The summed E-state index contributed by atoms with van der Waals surface area (Å²) in [6.07, 6.45) is 0. The molecule has 0 fully saturated rings. The second-order valence-corrected chi connectivity index (χ2v) is 6.46. The number of nitrogens with one attached hydrogen (secondary N) is 1. The van der Waals surface area contributed by atoms with Gasteiger partial charge in [0.05, 0.1) is 11.4 Å². The monoisotopic (exact) mass is 312 g/mol. The number of H-pyrrole nitrogens is 1. The Morgan fingerprint density at radius 3 is 2.45 bits per heavy atom. The first kappa shape index (κ1) is 15.1. The van der Waals surface area contributed by atoms with Crippen LogP contribution in [0.3, 0.4) is 0 Å². The molecule has 0 bridgehead atoms. The van der Waals surface area contributed by atoms with E-state index in [1.54, 1.807) is 13.8 Å². The Hall–Kier alpha value is -1.28. The number of hydrogen-bond acceptors (Lipinski definition) is 6. The topological polar surface area (TPSA) is 80.6 Å². The standard InChI is InChI=1S/C12H16N4O2S2/c1-6-7(2)14-9-8(13-6)10(17)16(11(18)15-9)4-12(3,20)5-19/h19-20H,4-5H2,1-3H3,(H,14,15,18). The van der Waals surface area contributed by atoms with Gasteiger partial charge in [0.15, 0.2) is 11.2 Å². The van der Waals surface area contributed by atoms with Crippen LogP contribution in [-0.4, -0.2) is 30.0 Å². The molecular formula is C12H16N4O2S2. The molecule has 0 saturated carbocycles. The van der Waals surface area contributed by atoms with Gasteiger partial charge in [-0.2, -0.15) is 25.3 Å². The van der Waals surface area contributed by atoms with Crippen LogP contribution in [0.15, 0.2) is 9.59 Å². The summed E-state index contributed by atoms with van der Waals surface area (Å²) in [5, 5.41) is 0. The van der Waals surface area contributed by atoms with Crippen LogP contribution in [0.25, 0.3) is 11.2 Å². The minimum absolute atomic E-state index is 0.151. The van der Waals surface area contributed by atoms with Gasteiger partial charge in [0, 0.05) is 17.0 Å². The van der Waals surface area contributed by atoms with Crippen molar-refractivity contribution in [3.05, 3.63) is 32.2 Å². The first-order valence-corrected chi connectivity index (χ1v) is 7.14. The number of fused-ring (bicyclic) bond motifs is 1. The van der Waals surface area contributed by atoms with E-state index in [9.17, 15) is 9.59 Å². The highest BCUT2D eigenvalue weighted by molar-refractivity contribution is 7.85. The van der Waals surface area contributed by atoms with Crippen molar-refractivity contribution in [1.82, 2.24) is 19.5 Å². The van der Waals surface area contributed by atoms with Crippen LogP contribution in [-0.2, 0) is 6.54 Å². The quantitative estimate of drug-likeness (QED) is 0.729. The molecular weight excluding hydrogens is 296 g/mol. The summed E-state index contributed by atoms with van der Waals surface area (Å²) >= 11 is 8.57. The summed E-state index contributed by atoms with van der Waals surface area (Å²) in [6.45, 7) is 5.51. The van der Waals surface area contributed by atoms with Crippen molar-refractivity contribution in [2.75, 3.05) is 5.75 Å². The Kier molecular flexibility index (Phi) is 3.97. The van der Waals surface area contributed by atoms with Crippen molar-refractivity contribution in [2.24, 2.45) is 0 Å². The molecule has 0 aliphatic rings. The van der Waals surface area contributed by atoms with Crippen LogP contribution in [0.4, 0.5) is 0 Å². The minimum Gasteiger partial charge on any atom is -0.290 e. The molecule has 1 atom stereocenters. The third kappa shape index (κ3) is 2.76. The molecule has 0 aromatic carbocycles. The van der Waals surface area contributed by atoms with Crippen molar-refractivity contribution in [3.63, 3.8) is 0 Å². The fourth-order valence-corrected chi connectivity index (χ4v) is 2.00. The smallest absolute Gasteiger partial charge is 0.290 e. The number of aromatic amines is 1. The van der Waals surface area contributed by atoms with Gasteiger partial charge in [-0.1, -0.05) is 0 Å². The number of thiol groups is 2. The lowest BCUT2D eigenvalue weighted by Crippen LogP contribution is -2.42. The number of rotatable bonds is 3. The highest BCUT2D eigenvalue weighted by Crippen LogP contribution is 2.16. The van der Waals surface area contributed by atoms with Crippen LogP contribution in [0.5, 0.6) is 0 Å². The summed E-state index contributed by atoms with van der Waals surface area (Å²) in [5.74, 6) is 0.429. The van der Waals surface area contributed by atoms with Gasteiger partial charge in [-0.3, -0.25) is 14.3 Å². The molecule has 2 aromatic rings. The molecule has 0 saturated heterocycles. The van der Waals surface area contributed by atoms with E-state index in [0.717, 1.165) is 4.57 Å². The molecule has 0 aliphatic heterocycles. The van der Waals surface area contributed by atoms with Crippen molar-refractivity contribution in [2.45, 2.75) is 32.1 Å². The van der Waals surface area contributed by atoms with Gasteiger partial charge in [-0.25, -0.2) is 14.8 Å². The number of hydrogen-bond donors (Lipinski definition) is 3. The fraction of sp³-hybridized carbons (Fsp3) is 0.500. The minimum atomic E-state index is -0.569. The maximum Gasteiger partial charge on any atom is 0.330 e. The summed E-state index contributed by atoms with van der Waals surface area (Å²) < 4.78 is 0.524. The number of aromatic nitrogens is 4. The Morgan fingerprint density at radius 2 is 1.85 bits per heavy atom. The van der Waals surface area contributed by atoms with Crippen molar-refractivity contribution in [3.8, 4) is 0 Å². The van der Waals surface area contributed by atoms with E-state index < -0.39 is 16.0 Å². The van der Waals surface area contributed by atoms with Crippen molar-refractivity contribution in [1.29, 1.82) is 0 Å². The number of aryl methyl sites for hydroxylation is 2. The average molecular weight is 312 g/mol. The molecule has 108 valence electrons. The van der Waals surface area contributed by atoms with Gasteiger partial charge in [0.1, 0.15) is 0 Å². The van der Waals surface area contributed by atoms with Gasteiger partial charge >= 0.3 is 5.69 Å². The van der Waals surface area contributed by atoms with E-state index in [-0.39, 0.29) is 17.7 Å². The molecule has 8 heteroatoms. The van der Waals surface area contributed by atoms with Gasteiger partial charge in [0.2, 0.25) is 0 Å². The average Bonchev–Trinajstić information content (AvgIpc) is 2.37. The predicted octanol–water partition coefficient (Wildman–Crippen LogP) is 0.715. The lowest BCUT2D eigenvalue weighted by Gasteiger charge is -2.21. The summed E-state index contributed by atoms with van der Waals surface area (Å²) in [5.41, 5.74) is 0.751. The molecule has 0 amide bonds. The van der Waals surface area contributed by atoms with Gasteiger partial charge in [-0.05, 0) is 20.8 Å². The van der Waals surface area contributed by atoms with E-state index in [0.29, 0.717) is 17.1 Å². The molecule has 2 heterocycles. The maximum absolute atomic E-state index is 12.4. The first-order valence-electron chi connectivity index (χ1n) is 6.06. The Bertz CT molecular complexity index is 779. The zero-order valence-electron chi connectivity index (χ0n) is 11.5. The van der Waals surface area contributed by atoms with Gasteiger partial charge in [-0.15, -0.1) is 0 Å². The Balaban J connectivity index is 2.72. The molecule has 1 unspecified atom stereocenters. The lowest BCUT2D eigenvalue weighted by atomic mass is 10.2. The highest BCUT2D eigenvalue weighted by atomic mass is 32.1. The van der Waals surface area contributed by atoms with E-state index in [2.05, 4.69) is 40.2 Å². The predicted molar refractivity (Wildman–Crippen MR) is 85.1 cm³/mol. The number of nitrogens with zero attached hydrogens (tertiary/aromatic N) is 3. The Morgan fingerprint density at radius 1 is 1.25 bits per heavy atom. The van der Waals surface area contributed by atoms with E-state index in [4.69, 9.17) is 0 Å². The highest BCUT2D eigenvalue weighted by Gasteiger charge is 2.21. The van der Waals surface area contributed by atoms with Crippen LogP contribution in [0, 0.1) is 13.8 Å². The van der Waals surface area contributed by atoms with E-state index in [1.807, 2.05) is 6.92 Å². The first-order chi connectivity index (χ1) is 9.25.